The van der Waals surface area contributed by atoms with Crippen molar-refractivity contribution in [2.75, 3.05) is 19.8 Å². The molecule has 3 N–H and O–H groups in total. The minimum atomic E-state index is -0.122. The van der Waals surface area contributed by atoms with Crippen LogP contribution in [0.15, 0.2) is 40.3 Å². The van der Waals surface area contributed by atoms with Crippen molar-refractivity contribution >= 4 is 23.4 Å². The van der Waals surface area contributed by atoms with Crippen molar-refractivity contribution < 1.29 is 9.53 Å². The summed E-state index contributed by atoms with van der Waals surface area (Å²) in [5, 5.41) is 2.74. The summed E-state index contributed by atoms with van der Waals surface area (Å²) in [6.45, 7) is 4.46. The van der Waals surface area contributed by atoms with Gasteiger partial charge in [0.05, 0.1) is 11.7 Å². The number of para-hydroxylation sites is 1. The largest absolute Gasteiger partial charge is 0.381 e. The van der Waals surface area contributed by atoms with Crippen molar-refractivity contribution in [2.24, 2.45) is 15.7 Å². The van der Waals surface area contributed by atoms with Gasteiger partial charge in [-0.3, -0.25) is 15.0 Å². The van der Waals surface area contributed by atoms with E-state index in [1.807, 2.05) is 37.3 Å². The molecule has 7 heteroatoms. The summed E-state index contributed by atoms with van der Waals surface area (Å²) < 4.78 is 5.40. The van der Waals surface area contributed by atoms with E-state index in [1.54, 1.807) is 0 Å². The van der Waals surface area contributed by atoms with Gasteiger partial charge in [-0.25, -0.2) is 4.99 Å². The van der Waals surface area contributed by atoms with E-state index in [9.17, 15) is 4.79 Å². The summed E-state index contributed by atoms with van der Waals surface area (Å²) in [6, 6.07) is 9.89. The first-order valence-electron chi connectivity index (χ1n) is 9.28. The quantitative estimate of drug-likeness (QED) is 0.635. The maximum Gasteiger partial charge on any atom is 0.244 e. The summed E-state index contributed by atoms with van der Waals surface area (Å²) in [4.78, 5) is 23.5. The Bertz CT molecular complexity index is 668. The van der Waals surface area contributed by atoms with Crippen LogP contribution >= 0.6 is 0 Å². The average Bonchev–Trinajstić information content (AvgIpc) is 2.61. The molecular formula is C19H27N5O2. The highest BCUT2D eigenvalue weighted by molar-refractivity contribution is 6.04. The molecule has 0 spiro atoms. The maximum absolute atomic E-state index is 12.5. The van der Waals surface area contributed by atoms with Crippen LogP contribution < -0.4 is 11.1 Å². The van der Waals surface area contributed by atoms with Gasteiger partial charge in [0.1, 0.15) is 5.84 Å². The number of amidine groups is 1. The number of guanidine groups is 1. The zero-order valence-corrected chi connectivity index (χ0v) is 15.2. The Kier molecular flexibility index (Phi) is 6.35. The molecule has 0 aliphatic carbocycles. The van der Waals surface area contributed by atoms with Gasteiger partial charge in [-0.15, -0.1) is 0 Å². The van der Waals surface area contributed by atoms with Gasteiger partial charge in [-0.05, 0) is 31.4 Å². The number of hydrogen-bond acceptors (Lipinski definition) is 4. The number of nitrogens with two attached hydrogens (primary N) is 1. The van der Waals surface area contributed by atoms with Gasteiger partial charge in [0, 0.05) is 32.2 Å². The van der Waals surface area contributed by atoms with Crippen LogP contribution in [-0.4, -0.2) is 54.4 Å². The minimum Gasteiger partial charge on any atom is -0.381 e. The predicted molar refractivity (Wildman–Crippen MR) is 103 cm³/mol. The van der Waals surface area contributed by atoms with E-state index in [0.29, 0.717) is 18.3 Å². The molecule has 2 aliphatic rings. The normalized spacial score (nSPS) is 22.7. The molecule has 7 nitrogen and oxygen atoms in total. The van der Waals surface area contributed by atoms with Gasteiger partial charge in [0.15, 0.2) is 0 Å². The molecule has 2 aliphatic heterocycles. The summed E-state index contributed by atoms with van der Waals surface area (Å²) >= 11 is 0. The second-order valence-electron chi connectivity index (χ2n) is 6.59. The molecule has 1 atom stereocenters. The van der Waals surface area contributed by atoms with E-state index in [1.165, 1.54) is 0 Å². The van der Waals surface area contributed by atoms with Crippen molar-refractivity contribution in [3.05, 3.63) is 30.3 Å². The van der Waals surface area contributed by atoms with Crippen molar-refractivity contribution in [3.63, 3.8) is 0 Å². The third-order valence-electron chi connectivity index (χ3n) is 4.85. The van der Waals surface area contributed by atoms with E-state index < -0.39 is 0 Å². The molecule has 3 rings (SSSR count). The molecule has 1 aromatic rings. The molecule has 0 bridgehead atoms. The molecule has 1 unspecified atom stereocenters. The lowest BCUT2D eigenvalue weighted by molar-refractivity contribution is -0.133. The fraction of sp³-hybridized carbons (Fsp3) is 0.526. The first-order valence-corrected chi connectivity index (χ1v) is 9.28. The highest BCUT2D eigenvalue weighted by atomic mass is 16.5. The molecule has 0 aromatic heterocycles. The molecule has 140 valence electrons. The Morgan fingerprint density at radius 3 is 2.62 bits per heavy atom. The van der Waals surface area contributed by atoms with Crippen LogP contribution in [0.5, 0.6) is 0 Å². The van der Waals surface area contributed by atoms with Crippen molar-refractivity contribution in [1.82, 2.24) is 10.2 Å². The van der Waals surface area contributed by atoms with Gasteiger partial charge in [-0.1, -0.05) is 25.1 Å². The van der Waals surface area contributed by atoms with E-state index in [0.717, 1.165) is 44.7 Å². The SMILES string of the molecule is CCC(=Nc1ccccc1)N=C(N)NC(=O)C1CCN1C1CCOCC1. The van der Waals surface area contributed by atoms with Crippen molar-refractivity contribution in [2.45, 2.75) is 44.7 Å². The monoisotopic (exact) mass is 357 g/mol. The Morgan fingerprint density at radius 1 is 1.27 bits per heavy atom. The summed E-state index contributed by atoms with van der Waals surface area (Å²) in [5.41, 5.74) is 6.76. The number of carbonyl (C=O) groups excluding carboxylic acids is 1. The molecule has 1 aromatic carbocycles. The van der Waals surface area contributed by atoms with Crippen LogP contribution in [0, 0.1) is 0 Å². The number of carbonyl (C=O) groups is 1. The lowest BCUT2D eigenvalue weighted by Crippen LogP contribution is -2.61. The van der Waals surface area contributed by atoms with Crippen molar-refractivity contribution in [3.8, 4) is 0 Å². The standard InChI is InChI=1S/C19H27N5O2/c1-2-17(21-14-6-4-3-5-7-14)22-19(20)23-18(25)16-8-11-24(16)15-9-12-26-13-10-15/h3-7,15-16H,2,8-13H2,1H3,(H3,20,21,22,23,25). The number of nitrogens with zero attached hydrogens (tertiary/aromatic N) is 3. The molecule has 0 saturated carbocycles. The molecule has 2 saturated heterocycles. The number of likely N-dealkylation sites (tertiary alicyclic amines) is 1. The van der Waals surface area contributed by atoms with Gasteiger partial charge < -0.3 is 10.5 Å². The zero-order valence-electron chi connectivity index (χ0n) is 15.2. The van der Waals surface area contributed by atoms with Crippen LogP contribution in [0.25, 0.3) is 0 Å². The summed E-state index contributed by atoms with van der Waals surface area (Å²) in [7, 11) is 0. The maximum atomic E-state index is 12.5. The fourth-order valence-electron chi connectivity index (χ4n) is 3.35. The Balaban J connectivity index is 1.59. The summed E-state index contributed by atoms with van der Waals surface area (Å²) in [6.07, 6.45) is 3.45. The first kappa shape index (κ1) is 18.5. The van der Waals surface area contributed by atoms with E-state index in [4.69, 9.17) is 10.5 Å². The smallest absolute Gasteiger partial charge is 0.244 e. The predicted octanol–water partition coefficient (Wildman–Crippen LogP) is 1.81. The Morgan fingerprint density at radius 2 is 2.00 bits per heavy atom. The van der Waals surface area contributed by atoms with Crippen LogP contribution in [-0.2, 0) is 9.53 Å². The van der Waals surface area contributed by atoms with Gasteiger partial charge in [0.25, 0.3) is 0 Å². The first-order chi connectivity index (χ1) is 12.7. The lowest BCUT2D eigenvalue weighted by atomic mass is 9.95. The topological polar surface area (TPSA) is 92.3 Å². The third kappa shape index (κ3) is 4.68. The van der Waals surface area contributed by atoms with Crippen LogP contribution in [0.3, 0.4) is 0 Å². The number of ether oxygens (including phenoxy) is 1. The number of hydrogen-bond donors (Lipinski definition) is 2. The number of nitrogens with one attached hydrogen (secondary N) is 1. The van der Waals surface area contributed by atoms with E-state index in [-0.39, 0.29) is 17.9 Å². The van der Waals surface area contributed by atoms with Crippen molar-refractivity contribution in [1.29, 1.82) is 0 Å². The number of rotatable bonds is 4. The lowest BCUT2D eigenvalue weighted by Gasteiger charge is -2.46. The van der Waals surface area contributed by atoms with E-state index >= 15 is 0 Å². The highest BCUT2D eigenvalue weighted by Gasteiger charge is 2.39. The van der Waals surface area contributed by atoms with Crippen LogP contribution in [0.2, 0.25) is 0 Å². The number of benzene rings is 1. The summed E-state index contributed by atoms with van der Waals surface area (Å²) in [5.74, 6) is 0.605. The van der Waals surface area contributed by atoms with Gasteiger partial charge in [0.2, 0.25) is 11.9 Å². The van der Waals surface area contributed by atoms with Gasteiger partial charge >= 0.3 is 0 Å². The number of amides is 1. The zero-order chi connectivity index (χ0) is 18.4. The fourth-order valence-corrected chi connectivity index (χ4v) is 3.35. The molecule has 26 heavy (non-hydrogen) atoms. The highest BCUT2D eigenvalue weighted by Crippen LogP contribution is 2.26. The Hall–Kier alpha value is -2.25. The molecule has 2 heterocycles. The molecular weight excluding hydrogens is 330 g/mol. The molecule has 2 fully saturated rings. The third-order valence-corrected chi connectivity index (χ3v) is 4.85. The second kappa shape index (κ2) is 8.91. The number of aliphatic imine (C=N–C) groups is 2. The average molecular weight is 357 g/mol. The second-order valence-corrected chi connectivity index (χ2v) is 6.59. The van der Waals surface area contributed by atoms with E-state index in [2.05, 4.69) is 20.2 Å². The molecule has 0 radical (unpaired) electrons. The molecule has 1 amide bonds. The van der Waals surface area contributed by atoms with Crippen LogP contribution in [0.4, 0.5) is 5.69 Å². The Labute approximate surface area is 154 Å². The minimum absolute atomic E-state index is 0.0841. The van der Waals surface area contributed by atoms with Gasteiger partial charge in [-0.2, -0.15) is 4.99 Å². The van der Waals surface area contributed by atoms with Crippen LogP contribution in [0.1, 0.15) is 32.6 Å².